The first-order chi connectivity index (χ1) is 6.18. The van der Waals surface area contributed by atoms with Crippen molar-refractivity contribution in [2.75, 3.05) is 0 Å². The Bertz CT molecular complexity index is 252. The highest BCUT2D eigenvalue weighted by molar-refractivity contribution is 5.76. The molecule has 0 aliphatic rings. The van der Waals surface area contributed by atoms with Crippen molar-refractivity contribution >= 4 is 5.91 Å². The van der Waals surface area contributed by atoms with Gasteiger partial charge in [-0.2, -0.15) is 0 Å². The number of aryl methyl sites for hydroxylation is 1. The van der Waals surface area contributed by atoms with Gasteiger partial charge in [0.2, 0.25) is 5.91 Å². The molecule has 1 amide bonds. The van der Waals surface area contributed by atoms with E-state index >= 15 is 0 Å². The van der Waals surface area contributed by atoms with Crippen LogP contribution in [0.5, 0.6) is 0 Å². The van der Waals surface area contributed by atoms with Crippen LogP contribution in [-0.2, 0) is 11.3 Å². The number of nitrogens with one attached hydrogen (secondary N) is 1. The van der Waals surface area contributed by atoms with Gasteiger partial charge in [0, 0.05) is 31.4 Å². The van der Waals surface area contributed by atoms with E-state index in [-0.39, 0.29) is 11.9 Å². The topological polar surface area (TPSA) is 34.0 Å². The van der Waals surface area contributed by atoms with Gasteiger partial charge in [0.15, 0.2) is 0 Å². The first-order valence-electron chi connectivity index (χ1n) is 4.58. The number of nitrogens with zero attached hydrogens (tertiary/aromatic N) is 1. The van der Waals surface area contributed by atoms with Gasteiger partial charge < -0.3 is 9.88 Å². The van der Waals surface area contributed by atoms with Crippen molar-refractivity contribution in [3.63, 3.8) is 0 Å². The molecule has 1 aromatic rings. The molecule has 0 aromatic carbocycles. The summed E-state index contributed by atoms with van der Waals surface area (Å²) in [7, 11) is 0. The van der Waals surface area contributed by atoms with Crippen molar-refractivity contribution in [2.45, 2.75) is 32.9 Å². The Morgan fingerprint density at radius 2 is 2.00 bits per heavy atom. The smallest absolute Gasteiger partial charge is 0.221 e. The van der Waals surface area contributed by atoms with Crippen LogP contribution in [0.4, 0.5) is 0 Å². The minimum atomic E-state index is 0.115. The fourth-order valence-corrected chi connectivity index (χ4v) is 1.14. The number of aromatic nitrogens is 1. The number of carbonyl (C=O) groups excluding carboxylic acids is 1. The van der Waals surface area contributed by atoms with Crippen LogP contribution in [0, 0.1) is 0 Å². The highest BCUT2D eigenvalue weighted by atomic mass is 16.1. The van der Waals surface area contributed by atoms with E-state index < -0.39 is 0 Å². The molecule has 0 fully saturated rings. The molecular formula is C10H16N2O. The lowest BCUT2D eigenvalue weighted by molar-refractivity contribution is -0.121. The van der Waals surface area contributed by atoms with Crippen molar-refractivity contribution in [3.05, 3.63) is 24.5 Å². The molecule has 0 aliphatic carbocycles. The molecule has 1 rings (SSSR count). The zero-order chi connectivity index (χ0) is 9.68. The average molecular weight is 180 g/mol. The number of rotatable bonds is 4. The van der Waals surface area contributed by atoms with Crippen LogP contribution in [0.25, 0.3) is 0 Å². The molecule has 0 aliphatic heterocycles. The minimum Gasteiger partial charge on any atom is -0.354 e. The van der Waals surface area contributed by atoms with Crippen LogP contribution < -0.4 is 5.32 Å². The van der Waals surface area contributed by atoms with Crippen molar-refractivity contribution in [1.29, 1.82) is 0 Å². The standard InChI is InChI=1S/C10H16N2O/c1-9(2)11-10(13)5-8-12-6-3-4-7-12/h3-4,6-7,9H,5,8H2,1-2H3,(H,11,13). The number of hydrogen-bond acceptors (Lipinski definition) is 1. The third kappa shape index (κ3) is 3.78. The molecule has 0 bridgehead atoms. The van der Waals surface area contributed by atoms with Gasteiger partial charge in [-0.25, -0.2) is 0 Å². The summed E-state index contributed by atoms with van der Waals surface area (Å²) in [4.78, 5) is 11.2. The van der Waals surface area contributed by atoms with Crippen molar-refractivity contribution in [1.82, 2.24) is 9.88 Å². The Balaban J connectivity index is 2.23. The Kier molecular flexibility index (Phi) is 3.55. The molecule has 1 aromatic heterocycles. The Morgan fingerprint density at radius 3 is 2.54 bits per heavy atom. The van der Waals surface area contributed by atoms with Crippen LogP contribution in [-0.4, -0.2) is 16.5 Å². The van der Waals surface area contributed by atoms with Crippen LogP contribution in [0.2, 0.25) is 0 Å². The molecule has 0 radical (unpaired) electrons. The van der Waals surface area contributed by atoms with E-state index in [1.807, 2.05) is 42.9 Å². The van der Waals surface area contributed by atoms with E-state index in [0.717, 1.165) is 6.54 Å². The predicted molar refractivity (Wildman–Crippen MR) is 52.3 cm³/mol. The largest absolute Gasteiger partial charge is 0.354 e. The second kappa shape index (κ2) is 4.70. The molecule has 13 heavy (non-hydrogen) atoms. The summed E-state index contributed by atoms with van der Waals surface area (Å²) in [5.74, 6) is 0.115. The van der Waals surface area contributed by atoms with E-state index in [0.29, 0.717) is 6.42 Å². The third-order valence-electron chi connectivity index (χ3n) is 1.71. The molecule has 1 heterocycles. The zero-order valence-electron chi connectivity index (χ0n) is 8.16. The van der Waals surface area contributed by atoms with Gasteiger partial charge in [-0.05, 0) is 26.0 Å². The Labute approximate surface area is 78.8 Å². The Morgan fingerprint density at radius 1 is 1.38 bits per heavy atom. The second-order valence-electron chi connectivity index (χ2n) is 3.39. The molecule has 0 unspecified atom stereocenters. The molecule has 72 valence electrons. The summed E-state index contributed by atoms with van der Waals surface area (Å²) in [5, 5.41) is 2.85. The maximum atomic E-state index is 11.2. The van der Waals surface area contributed by atoms with Crippen molar-refractivity contribution < 1.29 is 4.79 Å². The van der Waals surface area contributed by atoms with Crippen LogP contribution in [0.1, 0.15) is 20.3 Å². The summed E-state index contributed by atoms with van der Waals surface area (Å²) in [6, 6.07) is 4.15. The van der Waals surface area contributed by atoms with Gasteiger partial charge in [0.25, 0.3) is 0 Å². The highest BCUT2D eigenvalue weighted by Crippen LogP contribution is 1.93. The van der Waals surface area contributed by atoms with Gasteiger partial charge in [-0.1, -0.05) is 0 Å². The highest BCUT2D eigenvalue weighted by Gasteiger charge is 2.02. The molecular weight excluding hydrogens is 164 g/mol. The van der Waals surface area contributed by atoms with E-state index in [1.165, 1.54) is 0 Å². The van der Waals surface area contributed by atoms with Crippen molar-refractivity contribution in [2.24, 2.45) is 0 Å². The zero-order valence-corrected chi connectivity index (χ0v) is 8.16. The van der Waals surface area contributed by atoms with Crippen LogP contribution >= 0.6 is 0 Å². The van der Waals surface area contributed by atoms with E-state index in [1.54, 1.807) is 0 Å². The Hall–Kier alpha value is -1.25. The molecule has 0 spiro atoms. The summed E-state index contributed by atoms with van der Waals surface area (Å²) >= 11 is 0. The first-order valence-corrected chi connectivity index (χ1v) is 4.58. The molecule has 0 saturated carbocycles. The summed E-state index contributed by atoms with van der Waals surface area (Å²) in [6.07, 6.45) is 4.47. The molecule has 3 nitrogen and oxygen atoms in total. The van der Waals surface area contributed by atoms with Gasteiger partial charge >= 0.3 is 0 Å². The second-order valence-corrected chi connectivity index (χ2v) is 3.39. The van der Waals surface area contributed by atoms with Gasteiger partial charge in [0.1, 0.15) is 0 Å². The van der Waals surface area contributed by atoms with E-state index in [9.17, 15) is 4.79 Å². The van der Waals surface area contributed by atoms with Gasteiger partial charge in [-0.15, -0.1) is 0 Å². The molecule has 0 atom stereocenters. The van der Waals surface area contributed by atoms with E-state index in [4.69, 9.17) is 0 Å². The van der Waals surface area contributed by atoms with Crippen LogP contribution in [0.15, 0.2) is 24.5 Å². The van der Waals surface area contributed by atoms with Gasteiger partial charge in [-0.3, -0.25) is 4.79 Å². The lowest BCUT2D eigenvalue weighted by atomic mass is 10.3. The quantitative estimate of drug-likeness (QED) is 0.746. The summed E-state index contributed by atoms with van der Waals surface area (Å²) < 4.78 is 2.00. The fourth-order valence-electron chi connectivity index (χ4n) is 1.14. The normalized spacial score (nSPS) is 10.4. The van der Waals surface area contributed by atoms with Crippen LogP contribution in [0.3, 0.4) is 0 Å². The van der Waals surface area contributed by atoms with Gasteiger partial charge in [0.05, 0.1) is 0 Å². The summed E-state index contributed by atoms with van der Waals surface area (Å²) in [6.45, 7) is 4.69. The lowest BCUT2D eigenvalue weighted by Crippen LogP contribution is -2.30. The molecule has 1 N–H and O–H groups in total. The minimum absolute atomic E-state index is 0.115. The monoisotopic (exact) mass is 180 g/mol. The maximum Gasteiger partial charge on any atom is 0.221 e. The maximum absolute atomic E-state index is 11.2. The predicted octanol–water partition coefficient (Wildman–Crippen LogP) is 1.40. The van der Waals surface area contributed by atoms with E-state index in [2.05, 4.69) is 5.32 Å². The number of amides is 1. The SMILES string of the molecule is CC(C)NC(=O)CCn1cccc1. The number of hydrogen-bond donors (Lipinski definition) is 1. The molecule has 0 saturated heterocycles. The third-order valence-corrected chi connectivity index (χ3v) is 1.71. The first kappa shape index (κ1) is 9.84. The number of carbonyl (C=O) groups is 1. The summed E-state index contributed by atoms with van der Waals surface area (Å²) in [5.41, 5.74) is 0. The fraction of sp³-hybridized carbons (Fsp3) is 0.500. The average Bonchev–Trinajstić information content (AvgIpc) is 2.51. The van der Waals surface area contributed by atoms with Crippen molar-refractivity contribution in [3.8, 4) is 0 Å². The lowest BCUT2D eigenvalue weighted by Gasteiger charge is -2.08. The molecule has 3 heteroatoms.